The van der Waals surface area contributed by atoms with Crippen molar-refractivity contribution in [3.63, 3.8) is 0 Å². The highest BCUT2D eigenvalue weighted by atomic mass is 14.9. The van der Waals surface area contributed by atoms with Crippen molar-refractivity contribution in [2.45, 2.75) is 26.8 Å². The number of hydrogen-bond acceptors (Lipinski definition) is 1. The minimum absolute atomic E-state index is 0.383. The van der Waals surface area contributed by atoms with Crippen molar-refractivity contribution >= 4 is 0 Å². The quantitative estimate of drug-likeness (QED) is 0.654. The van der Waals surface area contributed by atoms with Gasteiger partial charge >= 0.3 is 0 Å². The highest BCUT2D eigenvalue weighted by Gasteiger charge is 2.26. The molecule has 1 nitrogen and oxygen atoms in total. The molecule has 1 N–H and O–H groups in total. The first-order chi connectivity index (χ1) is 6.20. The molecule has 1 heteroatoms. The van der Waals surface area contributed by atoms with Crippen LogP contribution in [0, 0.1) is 11.8 Å². The first-order valence-corrected chi connectivity index (χ1v) is 4.92. The highest BCUT2D eigenvalue weighted by molar-refractivity contribution is 5.26. The molecule has 0 bridgehead atoms. The van der Waals surface area contributed by atoms with Crippen LogP contribution < -0.4 is 5.32 Å². The monoisotopic (exact) mass is 177 g/mol. The summed E-state index contributed by atoms with van der Waals surface area (Å²) in [6.45, 7) is 10.4. The molecule has 13 heavy (non-hydrogen) atoms. The van der Waals surface area contributed by atoms with Crippen molar-refractivity contribution in [1.29, 1.82) is 0 Å². The fourth-order valence-corrected chi connectivity index (χ4v) is 1.80. The maximum Gasteiger partial charge on any atom is 0.0537 e. The Morgan fingerprint density at radius 1 is 1.54 bits per heavy atom. The van der Waals surface area contributed by atoms with E-state index in [9.17, 15) is 0 Å². The summed E-state index contributed by atoms with van der Waals surface area (Å²) in [6.07, 6.45) is 8.49. The van der Waals surface area contributed by atoms with E-state index in [4.69, 9.17) is 0 Å². The predicted molar refractivity (Wildman–Crippen MR) is 58.3 cm³/mol. The molecular weight excluding hydrogens is 158 g/mol. The zero-order chi connectivity index (χ0) is 9.84. The lowest BCUT2D eigenvalue weighted by Crippen LogP contribution is -2.24. The van der Waals surface area contributed by atoms with Gasteiger partial charge in [-0.3, -0.25) is 0 Å². The molecule has 2 atom stereocenters. The zero-order valence-corrected chi connectivity index (χ0v) is 8.75. The van der Waals surface area contributed by atoms with Gasteiger partial charge in [0.25, 0.3) is 0 Å². The molecule has 0 aromatic rings. The Balaban J connectivity index is 2.81. The maximum atomic E-state index is 3.84. The Labute approximate surface area is 81.2 Å². The Hall–Kier alpha value is -0.980. The second-order valence-electron chi connectivity index (χ2n) is 3.78. The average Bonchev–Trinajstić information content (AvgIpc) is 2.48. The summed E-state index contributed by atoms with van der Waals surface area (Å²) >= 11 is 0. The Morgan fingerprint density at radius 3 is 2.69 bits per heavy atom. The van der Waals surface area contributed by atoms with Gasteiger partial charge in [0, 0.05) is 5.92 Å². The SMILES string of the molecule is C=CC1NC=C(C(C)C)C1/C=C\C. The Bertz CT molecular complexity index is 236. The minimum Gasteiger partial charge on any atom is -0.384 e. The zero-order valence-electron chi connectivity index (χ0n) is 8.75. The van der Waals surface area contributed by atoms with E-state index in [-0.39, 0.29) is 0 Å². The molecule has 1 rings (SSSR count). The Kier molecular flexibility index (Phi) is 3.35. The third-order valence-corrected chi connectivity index (χ3v) is 2.53. The fraction of sp³-hybridized carbons (Fsp3) is 0.500. The van der Waals surface area contributed by atoms with Crippen LogP contribution in [0.5, 0.6) is 0 Å². The molecule has 0 aliphatic carbocycles. The second kappa shape index (κ2) is 4.31. The van der Waals surface area contributed by atoms with Gasteiger partial charge in [0.15, 0.2) is 0 Å². The van der Waals surface area contributed by atoms with E-state index in [0.29, 0.717) is 17.9 Å². The first kappa shape index (κ1) is 10.1. The third-order valence-electron chi connectivity index (χ3n) is 2.53. The van der Waals surface area contributed by atoms with Gasteiger partial charge < -0.3 is 5.32 Å². The van der Waals surface area contributed by atoms with E-state index in [2.05, 4.69) is 51.0 Å². The van der Waals surface area contributed by atoms with Gasteiger partial charge in [0.2, 0.25) is 0 Å². The van der Waals surface area contributed by atoms with Crippen LogP contribution in [-0.2, 0) is 0 Å². The normalized spacial score (nSPS) is 27.8. The van der Waals surface area contributed by atoms with E-state index < -0.39 is 0 Å². The number of nitrogens with one attached hydrogen (secondary N) is 1. The van der Waals surface area contributed by atoms with Crippen LogP contribution in [0.2, 0.25) is 0 Å². The van der Waals surface area contributed by atoms with Crippen LogP contribution in [0.15, 0.2) is 36.6 Å². The molecular formula is C12H19N. The van der Waals surface area contributed by atoms with Crippen LogP contribution in [0.3, 0.4) is 0 Å². The van der Waals surface area contributed by atoms with Gasteiger partial charge in [-0.2, -0.15) is 0 Å². The summed E-state index contributed by atoms with van der Waals surface area (Å²) in [5.41, 5.74) is 1.48. The van der Waals surface area contributed by atoms with E-state index in [1.165, 1.54) is 5.57 Å². The molecule has 1 aliphatic rings. The molecule has 0 spiro atoms. The summed E-state index contributed by atoms with van der Waals surface area (Å²) in [4.78, 5) is 0. The van der Waals surface area contributed by atoms with Gasteiger partial charge in [-0.15, -0.1) is 6.58 Å². The maximum absolute atomic E-state index is 3.84. The summed E-state index contributed by atoms with van der Waals surface area (Å²) in [5.74, 6) is 1.11. The number of hydrogen-bond donors (Lipinski definition) is 1. The van der Waals surface area contributed by atoms with Crippen LogP contribution in [0.1, 0.15) is 20.8 Å². The van der Waals surface area contributed by atoms with E-state index >= 15 is 0 Å². The van der Waals surface area contributed by atoms with Crippen molar-refractivity contribution in [2.75, 3.05) is 0 Å². The summed E-state index contributed by atoms with van der Waals surface area (Å²) in [5, 5.41) is 3.34. The summed E-state index contributed by atoms with van der Waals surface area (Å²) in [7, 11) is 0. The van der Waals surface area contributed by atoms with Crippen molar-refractivity contribution in [3.05, 3.63) is 36.6 Å². The molecule has 0 aromatic heterocycles. The fourth-order valence-electron chi connectivity index (χ4n) is 1.80. The second-order valence-corrected chi connectivity index (χ2v) is 3.78. The summed E-state index contributed by atoms with van der Waals surface area (Å²) < 4.78 is 0. The lowest BCUT2D eigenvalue weighted by atomic mass is 9.88. The molecule has 0 radical (unpaired) electrons. The molecule has 1 aliphatic heterocycles. The standard InChI is InChI=1S/C12H19N/c1-5-7-10-11(9(3)4)8-13-12(10)6-2/h5-10,12-13H,2H2,1,3-4H3/b7-5-. The van der Waals surface area contributed by atoms with Crippen LogP contribution in [0.4, 0.5) is 0 Å². The van der Waals surface area contributed by atoms with E-state index in [0.717, 1.165) is 0 Å². The molecule has 0 amide bonds. The lowest BCUT2D eigenvalue weighted by molar-refractivity contribution is 0.589. The van der Waals surface area contributed by atoms with Crippen molar-refractivity contribution in [1.82, 2.24) is 5.32 Å². The topological polar surface area (TPSA) is 12.0 Å². The van der Waals surface area contributed by atoms with E-state index in [1.54, 1.807) is 0 Å². The van der Waals surface area contributed by atoms with E-state index in [1.807, 2.05) is 6.08 Å². The molecule has 0 aromatic carbocycles. The number of allylic oxidation sites excluding steroid dienone is 1. The van der Waals surface area contributed by atoms with Gasteiger partial charge in [0.1, 0.15) is 0 Å². The third kappa shape index (κ3) is 2.03. The van der Waals surface area contributed by atoms with Crippen molar-refractivity contribution < 1.29 is 0 Å². The lowest BCUT2D eigenvalue weighted by Gasteiger charge is -2.18. The van der Waals surface area contributed by atoms with Gasteiger partial charge in [-0.05, 0) is 24.6 Å². The first-order valence-electron chi connectivity index (χ1n) is 4.92. The molecule has 72 valence electrons. The summed E-state index contributed by atoms with van der Waals surface area (Å²) in [6, 6.07) is 0.383. The predicted octanol–water partition coefficient (Wildman–Crippen LogP) is 2.88. The van der Waals surface area contributed by atoms with Crippen LogP contribution >= 0.6 is 0 Å². The van der Waals surface area contributed by atoms with Crippen LogP contribution in [0.25, 0.3) is 0 Å². The largest absolute Gasteiger partial charge is 0.384 e. The molecule has 0 fully saturated rings. The smallest absolute Gasteiger partial charge is 0.0537 e. The van der Waals surface area contributed by atoms with Gasteiger partial charge in [-0.25, -0.2) is 0 Å². The van der Waals surface area contributed by atoms with Crippen molar-refractivity contribution in [3.8, 4) is 0 Å². The molecule has 0 saturated carbocycles. The molecule has 1 heterocycles. The highest BCUT2D eigenvalue weighted by Crippen LogP contribution is 2.28. The van der Waals surface area contributed by atoms with Gasteiger partial charge in [-0.1, -0.05) is 32.1 Å². The molecule has 2 unspecified atom stereocenters. The average molecular weight is 177 g/mol. The molecule has 0 saturated heterocycles. The van der Waals surface area contributed by atoms with Gasteiger partial charge in [0.05, 0.1) is 6.04 Å². The number of rotatable bonds is 3. The Morgan fingerprint density at radius 2 is 2.23 bits per heavy atom. The minimum atomic E-state index is 0.383. The van der Waals surface area contributed by atoms with Crippen LogP contribution in [-0.4, -0.2) is 6.04 Å². The van der Waals surface area contributed by atoms with Crippen molar-refractivity contribution in [2.24, 2.45) is 11.8 Å².